The highest BCUT2D eigenvalue weighted by Gasteiger charge is 2.09. The molecule has 1 aromatic carbocycles. The summed E-state index contributed by atoms with van der Waals surface area (Å²) in [4.78, 5) is 10.4. The van der Waals surface area contributed by atoms with Crippen LogP contribution in [0, 0.1) is 6.92 Å². The van der Waals surface area contributed by atoms with E-state index in [-0.39, 0.29) is 0 Å². The number of rotatable bonds is 2. The third-order valence-corrected chi connectivity index (χ3v) is 2.14. The van der Waals surface area contributed by atoms with Gasteiger partial charge in [0.25, 0.3) is 0 Å². The zero-order valence-electron chi connectivity index (χ0n) is 8.37. The molecule has 76 valence electrons. The van der Waals surface area contributed by atoms with E-state index in [4.69, 9.17) is 0 Å². The van der Waals surface area contributed by atoms with Crippen molar-refractivity contribution in [1.29, 1.82) is 0 Å². The van der Waals surface area contributed by atoms with Crippen LogP contribution in [-0.2, 0) is 4.79 Å². The fraction of sp³-hybridized carbons (Fsp3) is 0.182. The molecule has 4 nitrogen and oxygen atoms in total. The van der Waals surface area contributed by atoms with Crippen molar-refractivity contribution in [3.05, 3.63) is 42.1 Å². The molecule has 15 heavy (non-hydrogen) atoms. The van der Waals surface area contributed by atoms with Crippen molar-refractivity contribution in [3.63, 3.8) is 0 Å². The van der Waals surface area contributed by atoms with E-state index in [2.05, 4.69) is 10.3 Å². The maximum atomic E-state index is 10.4. The van der Waals surface area contributed by atoms with E-state index in [1.165, 1.54) is 5.56 Å². The largest absolute Gasteiger partial charge is 0.301 e. The van der Waals surface area contributed by atoms with Gasteiger partial charge in [0.2, 0.25) is 0 Å². The van der Waals surface area contributed by atoms with Crippen molar-refractivity contribution in [2.75, 3.05) is 5.01 Å². The van der Waals surface area contributed by atoms with Gasteiger partial charge in [0.05, 0.1) is 5.69 Å². The second-order valence-electron chi connectivity index (χ2n) is 3.35. The first-order chi connectivity index (χ1) is 7.29. The zero-order valence-corrected chi connectivity index (χ0v) is 8.37. The third kappa shape index (κ3) is 2.10. The van der Waals surface area contributed by atoms with Crippen LogP contribution < -0.4 is 5.01 Å². The summed E-state index contributed by atoms with van der Waals surface area (Å²) >= 11 is 0. The number of anilines is 1. The maximum absolute atomic E-state index is 10.4. The molecule has 1 aliphatic rings. The lowest BCUT2D eigenvalue weighted by Gasteiger charge is -2.16. The average molecular weight is 201 g/mol. The molecule has 1 aliphatic heterocycles. The van der Waals surface area contributed by atoms with E-state index >= 15 is 0 Å². The molecule has 0 aromatic heterocycles. The van der Waals surface area contributed by atoms with Gasteiger partial charge in [-0.05, 0) is 25.1 Å². The summed E-state index contributed by atoms with van der Waals surface area (Å²) in [6.07, 6.45) is 4.21. The second kappa shape index (κ2) is 4.04. The smallest absolute Gasteiger partial charge is 0.150 e. The van der Waals surface area contributed by atoms with E-state index < -0.39 is 6.04 Å². The molecule has 0 bridgehead atoms. The number of benzene rings is 1. The SMILES string of the molecule is Cc1ccc(N2C=CC(C=O)N=N2)cc1. The summed E-state index contributed by atoms with van der Waals surface area (Å²) in [6, 6.07) is 7.49. The molecule has 0 amide bonds. The van der Waals surface area contributed by atoms with Gasteiger partial charge in [0.15, 0.2) is 0 Å². The van der Waals surface area contributed by atoms with Gasteiger partial charge in [-0.1, -0.05) is 22.9 Å². The Hall–Kier alpha value is -1.97. The topological polar surface area (TPSA) is 45.0 Å². The van der Waals surface area contributed by atoms with Gasteiger partial charge in [-0.15, -0.1) is 0 Å². The normalized spacial score (nSPS) is 19.3. The number of aryl methyl sites for hydroxylation is 1. The lowest BCUT2D eigenvalue weighted by atomic mass is 10.2. The van der Waals surface area contributed by atoms with E-state index in [9.17, 15) is 4.79 Å². The molecule has 0 aliphatic carbocycles. The average Bonchev–Trinajstić information content (AvgIpc) is 2.30. The highest BCUT2D eigenvalue weighted by molar-refractivity contribution is 5.62. The molecular weight excluding hydrogens is 190 g/mol. The van der Waals surface area contributed by atoms with Crippen LogP contribution in [0.3, 0.4) is 0 Å². The first kappa shape index (κ1) is 9.58. The standard InChI is InChI=1S/C11H11N3O/c1-9-2-4-11(5-3-9)14-7-6-10(8-15)12-13-14/h2-8,10H,1H3. The van der Waals surface area contributed by atoms with E-state index in [0.717, 1.165) is 12.0 Å². The van der Waals surface area contributed by atoms with Gasteiger partial charge in [-0.25, -0.2) is 5.01 Å². The summed E-state index contributed by atoms with van der Waals surface area (Å²) in [5.41, 5.74) is 2.13. The number of carbonyl (C=O) groups is 1. The Bertz CT molecular complexity index is 394. The van der Waals surface area contributed by atoms with Crippen LogP contribution in [-0.4, -0.2) is 12.3 Å². The summed E-state index contributed by atoms with van der Waals surface area (Å²) < 4.78 is 0. The van der Waals surface area contributed by atoms with Crippen LogP contribution in [0.15, 0.2) is 46.9 Å². The van der Waals surface area contributed by atoms with E-state index in [1.807, 2.05) is 31.2 Å². The van der Waals surface area contributed by atoms with E-state index in [1.54, 1.807) is 17.3 Å². The van der Waals surface area contributed by atoms with Crippen molar-refractivity contribution in [3.8, 4) is 0 Å². The van der Waals surface area contributed by atoms with Crippen molar-refractivity contribution in [2.45, 2.75) is 13.0 Å². The van der Waals surface area contributed by atoms with Gasteiger partial charge in [-0.2, -0.15) is 5.11 Å². The van der Waals surface area contributed by atoms with Crippen LogP contribution in [0.2, 0.25) is 0 Å². The van der Waals surface area contributed by atoms with Crippen LogP contribution in [0.25, 0.3) is 0 Å². The molecule has 0 saturated heterocycles. The molecular formula is C11H11N3O. The third-order valence-electron chi connectivity index (χ3n) is 2.14. The number of hydrogen-bond acceptors (Lipinski definition) is 4. The minimum atomic E-state index is -0.438. The van der Waals surface area contributed by atoms with Crippen LogP contribution in [0.5, 0.6) is 0 Å². The van der Waals surface area contributed by atoms with Gasteiger partial charge in [0, 0.05) is 6.20 Å². The minimum absolute atomic E-state index is 0.438. The highest BCUT2D eigenvalue weighted by Crippen LogP contribution is 2.18. The van der Waals surface area contributed by atoms with Gasteiger partial charge in [-0.3, -0.25) is 0 Å². The fourth-order valence-electron chi connectivity index (χ4n) is 1.26. The predicted molar refractivity (Wildman–Crippen MR) is 57.5 cm³/mol. The van der Waals surface area contributed by atoms with Crippen LogP contribution >= 0.6 is 0 Å². The number of nitrogens with zero attached hydrogens (tertiary/aromatic N) is 3. The van der Waals surface area contributed by atoms with Crippen LogP contribution in [0.1, 0.15) is 5.56 Å². The monoisotopic (exact) mass is 201 g/mol. The van der Waals surface area contributed by atoms with Gasteiger partial charge < -0.3 is 4.79 Å². The number of aldehydes is 1. The van der Waals surface area contributed by atoms with E-state index in [0.29, 0.717) is 0 Å². The molecule has 1 unspecified atom stereocenters. The Morgan fingerprint density at radius 2 is 2.07 bits per heavy atom. The van der Waals surface area contributed by atoms with Crippen molar-refractivity contribution >= 4 is 12.0 Å². The molecule has 1 heterocycles. The van der Waals surface area contributed by atoms with Crippen molar-refractivity contribution < 1.29 is 4.79 Å². The summed E-state index contributed by atoms with van der Waals surface area (Å²) in [7, 11) is 0. The molecule has 0 saturated carbocycles. The lowest BCUT2D eigenvalue weighted by molar-refractivity contribution is -0.108. The Kier molecular flexibility index (Phi) is 2.58. The summed E-state index contributed by atoms with van der Waals surface area (Å²) in [5.74, 6) is 0. The molecule has 0 radical (unpaired) electrons. The first-order valence-corrected chi connectivity index (χ1v) is 4.70. The first-order valence-electron chi connectivity index (χ1n) is 4.70. The predicted octanol–water partition coefficient (Wildman–Crippen LogP) is 2.26. The number of carbonyl (C=O) groups excluding carboxylic acids is 1. The quantitative estimate of drug-likeness (QED) is 0.689. The molecule has 0 spiro atoms. The molecule has 1 aromatic rings. The Morgan fingerprint density at radius 3 is 2.60 bits per heavy atom. The molecule has 1 atom stereocenters. The molecule has 2 rings (SSSR count). The lowest BCUT2D eigenvalue weighted by Crippen LogP contribution is -2.15. The Labute approximate surface area is 87.9 Å². The van der Waals surface area contributed by atoms with Gasteiger partial charge in [0.1, 0.15) is 12.3 Å². The zero-order chi connectivity index (χ0) is 10.7. The molecule has 0 N–H and O–H groups in total. The summed E-state index contributed by atoms with van der Waals surface area (Å²) in [5, 5.41) is 9.38. The summed E-state index contributed by atoms with van der Waals surface area (Å²) in [6.45, 7) is 2.03. The molecule has 0 fully saturated rings. The van der Waals surface area contributed by atoms with Crippen molar-refractivity contribution in [2.24, 2.45) is 10.3 Å². The second-order valence-corrected chi connectivity index (χ2v) is 3.35. The maximum Gasteiger partial charge on any atom is 0.150 e. The minimum Gasteiger partial charge on any atom is -0.301 e. The molecule has 4 heteroatoms. The Balaban J connectivity index is 2.17. The van der Waals surface area contributed by atoms with Crippen molar-refractivity contribution in [1.82, 2.24) is 0 Å². The Morgan fingerprint density at radius 1 is 1.33 bits per heavy atom. The van der Waals surface area contributed by atoms with Crippen LogP contribution in [0.4, 0.5) is 5.69 Å². The number of hydrogen-bond donors (Lipinski definition) is 0. The highest BCUT2D eigenvalue weighted by atomic mass is 16.1. The van der Waals surface area contributed by atoms with Gasteiger partial charge >= 0.3 is 0 Å². The fourth-order valence-corrected chi connectivity index (χ4v) is 1.26.